The third-order valence-corrected chi connectivity index (χ3v) is 6.20. The van der Waals surface area contributed by atoms with E-state index in [1.807, 2.05) is 41.0 Å². The third kappa shape index (κ3) is 5.48. The third-order valence-electron chi connectivity index (χ3n) is 4.64. The molecule has 0 saturated carbocycles. The molecule has 1 N–H and O–H groups in total. The van der Waals surface area contributed by atoms with Crippen LogP contribution in [0.1, 0.15) is 25.8 Å². The van der Waals surface area contributed by atoms with Crippen molar-refractivity contribution in [3.05, 3.63) is 65.3 Å². The summed E-state index contributed by atoms with van der Waals surface area (Å²) in [4.78, 5) is 28.0. The van der Waals surface area contributed by atoms with E-state index >= 15 is 0 Å². The molecule has 0 bridgehead atoms. The first-order valence-electron chi connectivity index (χ1n) is 9.88. The molecule has 1 aromatic heterocycles. The molecule has 1 unspecified atom stereocenters. The molecular formula is C23H23ClN2O4S. The van der Waals surface area contributed by atoms with Gasteiger partial charge in [-0.2, -0.15) is 0 Å². The first-order chi connectivity index (χ1) is 14.9. The predicted molar refractivity (Wildman–Crippen MR) is 122 cm³/mol. The Morgan fingerprint density at radius 2 is 1.90 bits per heavy atom. The first-order valence-corrected chi connectivity index (χ1v) is 11.2. The number of carboxylic acid groups (broad SMARTS) is 1. The second kappa shape index (κ2) is 10.5. The smallest absolute Gasteiger partial charge is 0.325 e. The highest BCUT2D eigenvalue weighted by Gasteiger charge is 2.25. The average molecular weight is 459 g/mol. The summed E-state index contributed by atoms with van der Waals surface area (Å²) < 4.78 is 7.49. The standard InChI is InChI=1S/C23H23ClN2O4S/c1-3-12-31-23-25-13-19(26(23)14-16-8-4-6-10-18(16)24)17-9-5-7-11-20(17)30-22(29)15(2)21(27)28/h4-11,13,15H,3,12,14H2,1-2H3,(H,27,28). The molecule has 0 radical (unpaired) electrons. The van der Waals surface area contributed by atoms with E-state index in [1.165, 1.54) is 6.92 Å². The molecule has 0 spiro atoms. The lowest BCUT2D eigenvalue weighted by Gasteiger charge is -2.16. The van der Waals surface area contributed by atoms with Gasteiger partial charge >= 0.3 is 11.9 Å². The number of hydrogen-bond donors (Lipinski definition) is 1. The van der Waals surface area contributed by atoms with Gasteiger partial charge in [0.1, 0.15) is 5.75 Å². The number of carbonyl (C=O) groups is 2. The number of imidazole rings is 1. The van der Waals surface area contributed by atoms with E-state index in [2.05, 4.69) is 11.9 Å². The highest BCUT2D eigenvalue weighted by Crippen LogP contribution is 2.34. The molecular weight excluding hydrogens is 436 g/mol. The van der Waals surface area contributed by atoms with E-state index in [1.54, 1.807) is 30.1 Å². The molecule has 8 heteroatoms. The lowest BCUT2D eigenvalue weighted by molar-refractivity contribution is -0.151. The van der Waals surface area contributed by atoms with Gasteiger partial charge in [0.25, 0.3) is 0 Å². The zero-order valence-electron chi connectivity index (χ0n) is 17.2. The predicted octanol–water partition coefficient (Wildman–Crippen LogP) is 5.38. The Kier molecular flexibility index (Phi) is 7.76. The van der Waals surface area contributed by atoms with Crippen LogP contribution in [0.25, 0.3) is 11.3 Å². The number of aliphatic carboxylic acids is 1. The van der Waals surface area contributed by atoms with Gasteiger partial charge < -0.3 is 14.4 Å². The fourth-order valence-corrected chi connectivity index (χ4v) is 3.93. The fourth-order valence-electron chi connectivity index (χ4n) is 2.90. The molecule has 0 aliphatic carbocycles. The van der Waals surface area contributed by atoms with E-state index in [-0.39, 0.29) is 5.75 Å². The minimum Gasteiger partial charge on any atom is -0.481 e. The van der Waals surface area contributed by atoms with Gasteiger partial charge in [-0.05, 0) is 37.1 Å². The van der Waals surface area contributed by atoms with Crippen LogP contribution in [0, 0.1) is 5.92 Å². The zero-order valence-corrected chi connectivity index (χ0v) is 18.8. The van der Waals surface area contributed by atoms with Gasteiger partial charge in [0.15, 0.2) is 11.1 Å². The normalized spacial score (nSPS) is 11.8. The number of hydrogen-bond acceptors (Lipinski definition) is 5. The molecule has 6 nitrogen and oxygen atoms in total. The van der Waals surface area contributed by atoms with Gasteiger partial charge in [-0.25, -0.2) is 4.98 Å². The zero-order chi connectivity index (χ0) is 22.4. The van der Waals surface area contributed by atoms with Gasteiger partial charge in [-0.1, -0.05) is 60.6 Å². The highest BCUT2D eigenvalue weighted by atomic mass is 35.5. The number of aromatic nitrogens is 2. The van der Waals surface area contributed by atoms with Crippen LogP contribution in [0.2, 0.25) is 5.02 Å². The Morgan fingerprint density at radius 1 is 1.19 bits per heavy atom. The molecule has 0 fully saturated rings. The van der Waals surface area contributed by atoms with Crippen molar-refractivity contribution in [2.24, 2.45) is 5.92 Å². The van der Waals surface area contributed by atoms with Crippen molar-refractivity contribution in [3.8, 4) is 17.0 Å². The topological polar surface area (TPSA) is 81.4 Å². The molecule has 3 aromatic rings. The number of nitrogens with zero attached hydrogens (tertiary/aromatic N) is 2. The summed E-state index contributed by atoms with van der Waals surface area (Å²) >= 11 is 8.03. The number of halogens is 1. The van der Waals surface area contributed by atoms with Crippen LogP contribution < -0.4 is 4.74 Å². The molecule has 2 aromatic carbocycles. The molecule has 162 valence electrons. The summed E-state index contributed by atoms with van der Waals surface area (Å²) in [5, 5.41) is 10.6. The molecule has 0 aliphatic heterocycles. The quantitative estimate of drug-likeness (QED) is 0.200. The van der Waals surface area contributed by atoms with E-state index < -0.39 is 17.9 Å². The maximum Gasteiger partial charge on any atom is 0.325 e. The van der Waals surface area contributed by atoms with Gasteiger partial charge in [-0.15, -0.1) is 0 Å². The van der Waals surface area contributed by atoms with E-state index in [0.717, 1.165) is 28.6 Å². The Balaban J connectivity index is 2.03. The first kappa shape index (κ1) is 22.9. The lowest BCUT2D eigenvalue weighted by atomic mass is 10.1. The van der Waals surface area contributed by atoms with Crippen molar-refractivity contribution in [3.63, 3.8) is 0 Å². The Labute approximate surface area is 190 Å². The monoisotopic (exact) mass is 458 g/mol. The minimum atomic E-state index is -1.27. The number of esters is 1. The summed E-state index contributed by atoms with van der Waals surface area (Å²) in [5.41, 5.74) is 2.34. The van der Waals surface area contributed by atoms with Crippen molar-refractivity contribution < 1.29 is 19.4 Å². The Morgan fingerprint density at radius 3 is 2.61 bits per heavy atom. The summed E-state index contributed by atoms with van der Waals surface area (Å²) in [5.74, 6) is -2.13. The summed E-state index contributed by atoms with van der Waals surface area (Å²) in [6, 6.07) is 14.6. The lowest BCUT2D eigenvalue weighted by Crippen LogP contribution is -2.25. The van der Waals surface area contributed by atoms with Crippen LogP contribution in [0.4, 0.5) is 0 Å². The highest BCUT2D eigenvalue weighted by molar-refractivity contribution is 7.99. The maximum absolute atomic E-state index is 12.3. The number of carboxylic acids is 1. The summed E-state index contributed by atoms with van der Waals surface area (Å²) in [6.07, 6.45) is 2.74. The summed E-state index contributed by atoms with van der Waals surface area (Å²) in [6.45, 7) is 3.90. The maximum atomic E-state index is 12.3. The van der Waals surface area contributed by atoms with Crippen molar-refractivity contribution in [2.75, 3.05) is 5.75 Å². The molecule has 0 saturated heterocycles. The van der Waals surface area contributed by atoms with Gasteiger partial charge in [0.2, 0.25) is 0 Å². The van der Waals surface area contributed by atoms with Crippen LogP contribution in [0.5, 0.6) is 5.75 Å². The van der Waals surface area contributed by atoms with Crippen LogP contribution in [-0.2, 0) is 16.1 Å². The van der Waals surface area contributed by atoms with Gasteiger partial charge in [-0.3, -0.25) is 9.59 Å². The number of benzene rings is 2. The van der Waals surface area contributed by atoms with Gasteiger partial charge in [0.05, 0.1) is 18.4 Å². The van der Waals surface area contributed by atoms with Crippen LogP contribution in [0.3, 0.4) is 0 Å². The Hall–Kier alpha value is -2.77. The number of thioether (sulfide) groups is 1. The number of carbonyl (C=O) groups excluding carboxylic acids is 1. The van der Waals surface area contributed by atoms with Crippen LogP contribution in [-0.4, -0.2) is 32.3 Å². The average Bonchev–Trinajstić information content (AvgIpc) is 3.15. The van der Waals surface area contributed by atoms with Crippen molar-refractivity contribution >= 4 is 35.3 Å². The van der Waals surface area contributed by atoms with Crippen LogP contribution in [0.15, 0.2) is 59.9 Å². The number of rotatable bonds is 9. The number of ether oxygens (including phenoxy) is 1. The largest absolute Gasteiger partial charge is 0.481 e. The summed E-state index contributed by atoms with van der Waals surface area (Å²) in [7, 11) is 0. The molecule has 1 atom stereocenters. The minimum absolute atomic E-state index is 0.285. The van der Waals surface area contributed by atoms with E-state index in [9.17, 15) is 9.59 Å². The van der Waals surface area contributed by atoms with E-state index in [0.29, 0.717) is 17.1 Å². The van der Waals surface area contributed by atoms with Gasteiger partial charge in [0, 0.05) is 16.3 Å². The molecule has 1 heterocycles. The SMILES string of the molecule is CCCSc1ncc(-c2ccccc2OC(=O)C(C)C(=O)O)n1Cc1ccccc1Cl. The van der Waals surface area contributed by atoms with Crippen LogP contribution >= 0.6 is 23.4 Å². The number of para-hydroxylation sites is 1. The van der Waals surface area contributed by atoms with Crippen molar-refractivity contribution in [1.29, 1.82) is 0 Å². The molecule has 0 aliphatic rings. The van der Waals surface area contributed by atoms with E-state index in [4.69, 9.17) is 21.4 Å². The van der Waals surface area contributed by atoms with Crippen molar-refractivity contribution in [2.45, 2.75) is 32.0 Å². The molecule has 3 rings (SSSR count). The Bertz CT molecular complexity index is 1080. The fraction of sp³-hybridized carbons (Fsp3) is 0.261. The van der Waals surface area contributed by atoms with Crippen molar-refractivity contribution in [1.82, 2.24) is 9.55 Å². The molecule has 31 heavy (non-hydrogen) atoms. The molecule has 0 amide bonds. The second-order valence-electron chi connectivity index (χ2n) is 6.93. The second-order valence-corrected chi connectivity index (χ2v) is 8.40.